The largest absolute Gasteiger partial charge is 0.493 e. The van der Waals surface area contributed by atoms with E-state index in [2.05, 4.69) is 30.5 Å². The SMILES string of the molecule is NC(=O)C[N+]1(c2cccc(F)c2)C=C(Nc2ncnc3cc(OCCCN4CCCC4)ccc23)N=N1. The molecule has 11 heteroatoms. The molecular weight excluding hydrogens is 463 g/mol. The van der Waals surface area contributed by atoms with Crippen molar-refractivity contribution in [3.8, 4) is 5.75 Å². The van der Waals surface area contributed by atoms with Crippen molar-refractivity contribution in [2.75, 3.05) is 38.1 Å². The highest BCUT2D eigenvalue weighted by Crippen LogP contribution is 2.32. The standard InChI is InChI=1S/C25H27FN8O2/c26-18-5-3-6-19(13-18)34(15-23(27)35)16-24(31-32-34)30-25-21-8-7-20(14-22(21)28-17-29-25)36-12-4-11-33-9-1-2-10-33/h3,5-8,13-14,16-17H,1-2,4,9-12,15H2,(H2-,27,28,29,30,35)/p+1. The van der Waals surface area contributed by atoms with E-state index in [1.54, 1.807) is 18.3 Å². The number of quaternary nitrogens is 1. The van der Waals surface area contributed by atoms with Crippen LogP contribution in [-0.4, -0.2) is 53.6 Å². The molecule has 1 aromatic heterocycles. The molecule has 1 fully saturated rings. The van der Waals surface area contributed by atoms with E-state index in [4.69, 9.17) is 10.5 Å². The van der Waals surface area contributed by atoms with Crippen LogP contribution in [-0.2, 0) is 4.79 Å². The smallest absolute Gasteiger partial charge is 0.276 e. The summed E-state index contributed by atoms with van der Waals surface area (Å²) in [4.78, 5) is 23.0. The van der Waals surface area contributed by atoms with Crippen molar-refractivity contribution in [3.05, 3.63) is 66.6 Å². The highest BCUT2D eigenvalue weighted by molar-refractivity contribution is 5.90. The number of aromatic nitrogens is 2. The molecule has 5 rings (SSSR count). The molecule has 0 spiro atoms. The van der Waals surface area contributed by atoms with Gasteiger partial charge in [0.05, 0.1) is 12.1 Å². The lowest BCUT2D eigenvalue weighted by Crippen LogP contribution is -2.44. The molecule has 0 aliphatic carbocycles. The maximum atomic E-state index is 13.9. The van der Waals surface area contributed by atoms with Gasteiger partial charge >= 0.3 is 0 Å². The number of nitrogens with one attached hydrogen (secondary N) is 1. The van der Waals surface area contributed by atoms with Crippen LogP contribution < -0.4 is 20.4 Å². The summed E-state index contributed by atoms with van der Waals surface area (Å²) in [6.07, 6.45) is 6.61. The Morgan fingerprint density at radius 3 is 2.83 bits per heavy atom. The van der Waals surface area contributed by atoms with Gasteiger partial charge in [0.15, 0.2) is 18.4 Å². The number of ether oxygens (including phenoxy) is 1. The molecular formula is C25H28FN8O2+. The summed E-state index contributed by atoms with van der Waals surface area (Å²) in [5.41, 5.74) is 6.60. The molecule has 3 heterocycles. The minimum absolute atomic E-state index is 0.207. The maximum Gasteiger partial charge on any atom is 0.276 e. The zero-order valence-corrected chi connectivity index (χ0v) is 19.8. The normalized spacial score (nSPS) is 19.5. The first-order chi connectivity index (χ1) is 17.5. The van der Waals surface area contributed by atoms with Crippen LogP contribution in [0.4, 0.5) is 15.9 Å². The van der Waals surface area contributed by atoms with Crippen molar-refractivity contribution >= 4 is 28.3 Å². The number of amides is 1. The predicted molar refractivity (Wildman–Crippen MR) is 134 cm³/mol. The Bertz CT molecular complexity index is 1320. The second kappa shape index (κ2) is 10.3. The molecule has 1 saturated heterocycles. The highest BCUT2D eigenvalue weighted by Gasteiger charge is 2.38. The number of halogens is 1. The monoisotopic (exact) mass is 491 g/mol. The van der Waals surface area contributed by atoms with Crippen LogP contribution in [0.5, 0.6) is 5.75 Å². The lowest BCUT2D eigenvalue weighted by Gasteiger charge is -2.21. The molecule has 1 amide bonds. The minimum atomic E-state index is -0.601. The quantitative estimate of drug-likeness (QED) is 0.330. The zero-order valence-electron chi connectivity index (χ0n) is 19.8. The van der Waals surface area contributed by atoms with Crippen LogP contribution >= 0.6 is 0 Å². The van der Waals surface area contributed by atoms with Gasteiger partial charge in [0.1, 0.15) is 23.7 Å². The summed E-state index contributed by atoms with van der Waals surface area (Å²) >= 11 is 0. The van der Waals surface area contributed by atoms with Crippen LogP contribution in [0.25, 0.3) is 10.9 Å². The van der Waals surface area contributed by atoms with Crippen molar-refractivity contribution in [1.29, 1.82) is 0 Å². The maximum absolute atomic E-state index is 13.9. The third-order valence-corrected chi connectivity index (χ3v) is 6.24. The van der Waals surface area contributed by atoms with Crippen molar-refractivity contribution in [1.82, 2.24) is 19.5 Å². The number of carbonyl (C=O) groups excluding carboxylic acids is 1. The average molecular weight is 492 g/mol. The van der Waals surface area contributed by atoms with Crippen LogP contribution in [0.1, 0.15) is 19.3 Å². The fourth-order valence-electron chi connectivity index (χ4n) is 4.52. The Morgan fingerprint density at radius 1 is 1.17 bits per heavy atom. The van der Waals surface area contributed by atoms with Crippen molar-refractivity contribution in [2.45, 2.75) is 19.3 Å². The lowest BCUT2D eigenvalue weighted by atomic mass is 10.2. The first kappa shape index (κ1) is 23.8. The minimum Gasteiger partial charge on any atom is -0.493 e. The Labute approximate surface area is 207 Å². The van der Waals surface area contributed by atoms with E-state index in [1.807, 2.05) is 18.2 Å². The number of anilines is 1. The number of rotatable bonds is 10. The van der Waals surface area contributed by atoms with Gasteiger partial charge in [-0.1, -0.05) is 11.2 Å². The number of likely N-dealkylation sites (tertiary alicyclic amines) is 1. The summed E-state index contributed by atoms with van der Waals surface area (Å²) in [5.74, 6) is 0.565. The Kier molecular flexibility index (Phi) is 6.83. The number of benzene rings is 2. The summed E-state index contributed by atoms with van der Waals surface area (Å²) in [6, 6.07) is 11.5. The number of hydrogen-bond donors (Lipinski definition) is 2. The number of nitrogens with zero attached hydrogens (tertiary/aromatic N) is 6. The molecule has 1 unspecified atom stereocenters. The number of hydrogen-bond acceptors (Lipinski definition) is 8. The third-order valence-electron chi connectivity index (χ3n) is 6.24. The molecule has 2 aromatic carbocycles. The fourth-order valence-corrected chi connectivity index (χ4v) is 4.52. The van der Waals surface area contributed by atoms with Gasteiger partial charge in [0.25, 0.3) is 5.91 Å². The van der Waals surface area contributed by atoms with Gasteiger partial charge in [-0.15, -0.1) is 4.59 Å². The van der Waals surface area contributed by atoms with E-state index < -0.39 is 11.7 Å². The van der Waals surface area contributed by atoms with Crippen LogP contribution in [0.2, 0.25) is 0 Å². The number of primary amides is 1. The van der Waals surface area contributed by atoms with E-state index in [9.17, 15) is 9.18 Å². The number of fused-ring (bicyclic) bond motifs is 1. The summed E-state index contributed by atoms with van der Waals surface area (Å²) in [5, 5.41) is 12.3. The zero-order chi connectivity index (χ0) is 25.0. The van der Waals surface area contributed by atoms with E-state index in [0.717, 1.165) is 24.1 Å². The van der Waals surface area contributed by atoms with Crippen LogP contribution in [0, 0.1) is 5.82 Å². The molecule has 0 bridgehead atoms. The molecule has 10 nitrogen and oxygen atoms in total. The highest BCUT2D eigenvalue weighted by atomic mass is 19.1. The van der Waals surface area contributed by atoms with Gasteiger partial charge in [-0.05, 0) is 50.6 Å². The lowest BCUT2D eigenvalue weighted by molar-refractivity contribution is -0.118. The molecule has 36 heavy (non-hydrogen) atoms. The summed E-state index contributed by atoms with van der Waals surface area (Å²) in [7, 11) is 0. The molecule has 186 valence electrons. The molecule has 3 aromatic rings. The molecule has 0 radical (unpaired) electrons. The van der Waals surface area contributed by atoms with Gasteiger partial charge in [-0.25, -0.2) is 14.4 Å². The molecule has 1 atom stereocenters. The second-order valence-electron chi connectivity index (χ2n) is 8.91. The third kappa shape index (κ3) is 5.31. The van der Waals surface area contributed by atoms with Crippen LogP contribution in [0.3, 0.4) is 0 Å². The Balaban J connectivity index is 1.31. The molecule has 3 N–H and O–H groups in total. The average Bonchev–Trinajstić information content (AvgIpc) is 3.52. The van der Waals surface area contributed by atoms with E-state index in [-0.39, 0.29) is 11.1 Å². The van der Waals surface area contributed by atoms with Gasteiger partial charge in [-0.2, -0.15) is 0 Å². The fraction of sp³-hybridized carbons (Fsp3) is 0.320. The van der Waals surface area contributed by atoms with Gasteiger partial charge in [0, 0.05) is 35.4 Å². The molecule has 0 saturated carbocycles. The second-order valence-corrected chi connectivity index (χ2v) is 8.91. The van der Waals surface area contributed by atoms with E-state index in [0.29, 0.717) is 29.4 Å². The van der Waals surface area contributed by atoms with E-state index in [1.165, 1.54) is 44.4 Å². The molecule has 2 aliphatic heterocycles. The van der Waals surface area contributed by atoms with Gasteiger partial charge in [0.2, 0.25) is 5.82 Å². The number of nitrogens with two attached hydrogens (primary N) is 1. The van der Waals surface area contributed by atoms with Crippen molar-refractivity contribution < 1.29 is 13.9 Å². The summed E-state index contributed by atoms with van der Waals surface area (Å²) < 4.78 is 19.4. The first-order valence-electron chi connectivity index (χ1n) is 12.0. The first-order valence-corrected chi connectivity index (χ1v) is 12.0. The van der Waals surface area contributed by atoms with E-state index >= 15 is 0 Å². The van der Waals surface area contributed by atoms with Crippen molar-refractivity contribution in [2.24, 2.45) is 16.1 Å². The van der Waals surface area contributed by atoms with Gasteiger partial charge < -0.3 is 20.7 Å². The molecule has 2 aliphatic rings. The Morgan fingerprint density at radius 2 is 2.03 bits per heavy atom. The topological polar surface area (TPSA) is 118 Å². The predicted octanol–water partition coefficient (Wildman–Crippen LogP) is 3.72. The van der Waals surface area contributed by atoms with Crippen LogP contribution in [0.15, 0.2) is 71.2 Å². The number of carbonyl (C=O) groups is 1. The Hall–Kier alpha value is -3.96. The van der Waals surface area contributed by atoms with Crippen molar-refractivity contribution in [3.63, 3.8) is 0 Å². The summed E-state index contributed by atoms with van der Waals surface area (Å²) in [6.45, 7) is 3.86. The van der Waals surface area contributed by atoms with Gasteiger partial charge in [-0.3, -0.25) is 4.79 Å².